The molecule has 62 valence electrons. The van der Waals surface area contributed by atoms with Crippen molar-refractivity contribution in [3.63, 3.8) is 0 Å². The topological polar surface area (TPSA) is 16.1 Å². The van der Waals surface area contributed by atoms with Crippen LogP contribution in [0.2, 0.25) is 0 Å². The molecule has 2 nitrogen and oxygen atoms in total. The minimum Gasteiger partial charge on any atom is -0.376 e. The Morgan fingerprint density at radius 3 is 3.00 bits per heavy atom. The van der Waals surface area contributed by atoms with Gasteiger partial charge in [0, 0.05) is 14.1 Å². The monoisotopic (exact) mass is 178 g/mol. The maximum Gasteiger partial charge on any atom is 0.0811 e. The van der Waals surface area contributed by atoms with Gasteiger partial charge in [0.1, 0.15) is 0 Å². The van der Waals surface area contributed by atoms with E-state index in [0.717, 1.165) is 11.2 Å². The minimum absolute atomic E-state index is 1.09. The van der Waals surface area contributed by atoms with Gasteiger partial charge in [-0.25, -0.2) is 0 Å². The molecule has 2 heterocycles. The summed E-state index contributed by atoms with van der Waals surface area (Å²) < 4.78 is 1.25. The highest BCUT2D eigenvalue weighted by Crippen LogP contribution is 2.22. The van der Waals surface area contributed by atoms with Crippen molar-refractivity contribution in [2.45, 2.75) is 0 Å². The lowest BCUT2D eigenvalue weighted by molar-refractivity contribution is 1.12. The number of thiophene rings is 1. The molecule has 0 amide bonds. The SMILES string of the molecule is CN(C)c1cnc2ccsc2c1. The van der Waals surface area contributed by atoms with Crippen molar-refractivity contribution in [2.75, 3.05) is 19.0 Å². The summed E-state index contributed by atoms with van der Waals surface area (Å²) in [6.07, 6.45) is 1.90. The molecular weight excluding hydrogens is 168 g/mol. The van der Waals surface area contributed by atoms with Crippen molar-refractivity contribution >= 4 is 27.2 Å². The van der Waals surface area contributed by atoms with Crippen LogP contribution in [0.25, 0.3) is 10.2 Å². The van der Waals surface area contributed by atoms with E-state index in [-0.39, 0.29) is 0 Å². The molecule has 0 unspecified atom stereocenters. The molecule has 0 spiro atoms. The van der Waals surface area contributed by atoms with E-state index in [2.05, 4.69) is 21.3 Å². The van der Waals surface area contributed by atoms with Crippen LogP contribution in [-0.2, 0) is 0 Å². The maximum absolute atomic E-state index is 4.33. The summed E-state index contributed by atoms with van der Waals surface area (Å²) in [5.41, 5.74) is 2.25. The fourth-order valence-electron chi connectivity index (χ4n) is 1.08. The van der Waals surface area contributed by atoms with Gasteiger partial charge in [-0.05, 0) is 17.5 Å². The first kappa shape index (κ1) is 7.55. The van der Waals surface area contributed by atoms with E-state index in [4.69, 9.17) is 0 Å². The van der Waals surface area contributed by atoms with Crippen molar-refractivity contribution in [3.8, 4) is 0 Å². The average Bonchev–Trinajstić information content (AvgIpc) is 2.49. The van der Waals surface area contributed by atoms with E-state index in [1.165, 1.54) is 4.70 Å². The summed E-state index contributed by atoms with van der Waals surface area (Å²) in [4.78, 5) is 6.39. The van der Waals surface area contributed by atoms with Crippen molar-refractivity contribution in [2.24, 2.45) is 0 Å². The Morgan fingerprint density at radius 2 is 2.25 bits per heavy atom. The Balaban J connectivity index is 2.60. The van der Waals surface area contributed by atoms with Gasteiger partial charge < -0.3 is 4.90 Å². The summed E-state index contributed by atoms with van der Waals surface area (Å²) in [6.45, 7) is 0. The van der Waals surface area contributed by atoms with Crippen molar-refractivity contribution in [1.82, 2.24) is 4.98 Å². The van der Waals surface area contributed by atoms with Crippen LogP contribution in [0, 0.1) is 0 Å². The van der Waals surface area contributed by atoms with E-state index >= 15 is 0 Å². The zero-order chi connectivity index (χ0) is 8.55. The van der Waals surface area contributed by atoms with E-state index in [0.29, 0.717) is 0 Å². The maximum atomic E-state index is 4.33. The highest BCUT2D eigenvalue weighted by atomic mass is 32.1. The van der Waals surface area contributed by atoms with Crippen LogP contribution in [0.4, 0.5) is 5.69 Å². The van der Waals surface area contributed by atoms with Crippen molar-refractivity contribution in [1.29, 1.82) is 0 Å². The third-order valence-corrected chi connectivity index (χ3v) is 2.66. The average molecular weight is 178 g/mol. The Morgan fingerprint density at radius 1 is 1.42 bits per heavy atom. The summed E-state index contributed by atoms with van der Waals surface area (Å²) in [5, 5.41) is 2.07. The first-order valence-corrected chi connectivity index (χ1v) is 4.66. The molecule has 0 fully saturated rings. The molecule has 0 saturated heterocycles. The van der Waals surface area contributed by atoms with Crippen LogP contribution < -0.4 is 4.90 Å². The van der Waals surface area contributed by atoms with E-state index < -0.39 is 0 Å². The molecule has 2 aromatic heterocycles. The molecule has 2 aromatic rings. The highest BCUT2D eigenvalue weighted by Gasteiger charge is 1.99. The van der Waals surface area contributed by atoms with Crippen molar-refractivity contribution in [3.05, 3.63) is 23.7 Å². The van der Waals surface area contributed by atoms with Crippen LogP contribution in [-0.4, -0.2) is 19.1 Å². The van der Waals surface area contributed by atoms with E-state index in [1.807, 2.05) is 26.4 Å². The van der Waals surface area contributed by atoms with Gasteiger partial charge in [-0.15, -0.1) is 11.3 Å². The van der Waals surface area contributed by atoms with Crippen LogP contribution in [0.1, 0.15) is 0 Å². The lowest BCUT2D eigenvalue weighted by Gasteiger charge is -2.10. The zero-order valence-corrected chi connectivity index (χ0v) is 7.93. The van der Waals surface area contributed by atoms with Gasteiger partial charge >= 0.3 is 0 Å². The number of anilines is 1. The summed E-state index contributed by atoms with van der Waals surface area (Å²) in [7, 11) is 4.05. The predicted octanol–water partition coefficient (Wildman–Crippen LogP) is 2.36. The predicted molar refractivity (Wildman–Crippen MR) is 53.9 cm³/mol. The number of aromatic nitrogens is 1. The molecule has 3 heteroatoms. The molecule has 0 bridgehead atoms. The minimum atomic E-state index is 1.09. The van der Waals surface area contributed by atoms with Gasteiger partial charge in [0.05, 0.1) is 22.1 Å². The molecule has 12 heavy (non-hydrogen) atoms. The van der Waals surface area contributed by atoms with E-state index in [1.54, 1.807) is 11.3 Å². The smallest absolute Gasteiger partial charge is 0.0811 e. The van der Waals surface area contributed by atoms with E-state index in [9.17, 15) is 0 Å². The largest absolute Gasteiger partial charge is 0.376 e. The van der Waals surface area contributed by atoms with Gasteiger partial charge in [-0.1, -0.05) is 0 Å². The second-order valence-electron chi connectivity index (χ2n) is 2.89. The van der Waals surface area contributed by atoms with Gasteiger partial charge in [0.15, 0.2) is 0 Å². The van der Waals surface area contributed by atoms with Crippen LogP contribution in [0.3, 0.4) is 0 Å². The number of hydrogen-bond donors (Lipinski definition) is 0. The lowest BCUT2D eigenvalue weighted by Crippen LogP contribution is -2.08. The van der Waals surface area contributed by atoms with Crippen molar-refractivity contribution < 1.29 is 0 Å². The molecular formula is C9H10N2S. The van der Waals surface area contributed by atoms with Gasteiger partial charge in [-0.3, -0.25) is 4.98 Å². The third-order valence-electron chi connectivity index (χ3n) is 1.80. The zero-order valence-electron chi connectivity index (χ0n) is 7.11. The summed E-state index contributed by atoms with van der Waals surface area (Å²) in [6, 6.07) is 4.20. The standard InChI is InChI=1S/C9H10N2S/c1-11(2)7-5-9-8(10-6-7)3-4-12-9/h3-6H,1-2H3. The lowest BCUT2D eigenvalue weighted by atomic mass is 10.3. The number of fused-ring (bicyclic) bond motifs is 1. The summed E-state index contributed by atoms with van der Waals surface area (Å²) in [5.74, 6) is 0. The number of rotatable bonds is 1. The fourth-order valence-corrected chi connectivity index (χ4v) is 1.85. The molecule has 0 aromatic carbocycles. The first-order chi connectivity index (χ1) is 5.77. The molecule has 0 radical (unpaired) electrons. The Labute approximate surface area is 75.5 Å². The summed E-state index contributed by atoms with van der Waals surface area (Å²) >= 11 is 1.73. The quantitative estimate of drug-likeness (QED) is 0.666. The number of nitrogens with zero attached hydrogens (tertiary/aromatic N) is 2. The van der Waals surface area contributed by atoms with Crippen LogP contribution >= 0.6 is 11.3 Å². The Bertz CT molecular complexity index is 392. The van der Waals surface area contributed by atoms with Gasteiger partial charge in [-0.2, -0.15) is 0 Å². The van der Waals surface area contributed by atoms with Gasteiger partial charge in [0.2, 0.25) is 0 Å². The number of pyridine rings is 1. The molecule has 0 aliphatic carbocycles. The third kappa shape index (κ3) is 1.16. The molecule has 0 saturated carbocycles. The molecule has 2 rings (SSSR count). The second kappa shape index (κ2) is 2.75. The van der Waals surface area contributed by atoms with Crippen LogP contribution in [0.5, 0.6) is 0 Å². The van der Waals surface area contributed by atoms with Gasteiger partial charge in [0.25, 0.3) is 0 Å². The Kier molecular flexibility index (Phi) is 1.73. The number of hydrogen-bond acceptors (Lipinski definition) is 3. The molecule has 0 N–H and O–H groups in total. The highest BCUT2D eigenvalue weighted by molar-refractivity contribution is 7.17. The molecule has 0 aliphatic heterocycles. The Hall–Kier alpha value is -1.09. The molecule has 0 aliphatic rings. The first-order valence-electron chi connectivity index (χ1n) is 3.78. The second-order valence-corrected chi connectivity index (χ2v) is 3.84. The molecule has 0 atom stereocenters. The fraction of sp³-hybridized carbons (Fsp3) is 0.222. The normalized spacial score (nSPS) is 10.5. The van der Waals surface area contributed by atoms with Crippen LogP contribution in [0.15, 0.2) is 23.7 Å².